The van der Waals surface area contributed by atoms with Crippen molar-refractivity contribution in [2.24, 2.45) is 5.92 Å². The molecule has 3 rings (SSSR count). The van der Waals surface area contributed by atoms with Crippen molar-refractivity contribution in [3.05, 3.63) is 64.1 Å². The molecule has 1 fully saturated rings. The first kappa shape index (κ1) is 23.4. The van der Waals surface area contributed by atoms with Crippen molar-refractivity contribution < 1.29 is 13.2 Å². The van der Waals surface area contributed by atoms with E-state index in [0.29, 0.717) is 47.5 Å². The molecule has 0 aromatic heterocycles. The van der Waals surface area contributed by atoms with E-state index in [4.69, 9.17) is 23.2 Å². The van der Waals surface area contributed by atoms with Gasteiger partial charge in [0.2, 0.25) is 15.9 Å². The van der Waals surface area contributed by atoms with E-state index in [-0.39, 0.29) is 23.3 Å². The molecule has 0 radical (unpaired) electrons. The van der Waals surface area contributed by atoms with Crippen molar-refractivity contribution in [2.75, 3.05) is 25.4 Å². The number of nitrogens with one attached hydrogen (secondary N) is 1. The summed E-state index contributed by atoms with van der Waals surface area (Å²) >= 11 is 14.0. The molecular formula is C21H24Cl2N2O3S2. The number of nitrogens with zero attached hydrogens (tertiary/aromatic N) is 1. The van der Waals surface area contributed by atoms with Gasteiger partial charge in [0, 0.05) is 41.2 Å². The number of carbonyl (C=O) groups is 1. The zero-order valence-corrected chi connectivity index (χ0v) is 19.5. The Bertz CT molecular complexity index is 951. The fraction of sp³-hybridized carbons (Fsp3) is 0.381. The van der Waals surface area contributed by atoms with Crippen LogP contribution in [0, 0.1) is 5.92 Å². The van der Waals surface area contributed by atoms with E-state index in [1.54, 1.807) is 42.1 Å². The molecule has 30 heavy (non-hydrogen) atoms. The van der Waals surface area contributed by atoms with E-state index in [1.165, 1.54) is 4.31 Å². The van der Waals surface area contributed by atoms with Crippen LogP contribution in [0.5, 0.6) is 0 Å². The van der Waals surface area contributed by atoms with Gasteiger partial charge in [-0.3, -0.25) is 4.79 Å². The third-order valence-corrected chi connectivity index (χ3v) is 8.56. The van der Waals surface area contributed by atoms with Gasteiger partial charge in [-0.1, -0.05) is 47.5 Å². The van der Waals surface area contributed by atoms with E-state index in [2.05, 4.69) is 5.32 Å². The average molecular weight is 487 g/mol. The van der Waals surface area contributed by atoms with Gasteiger partial charge < -0.3 is 5.32 Å². The first-order valence-electron chi connectivity index (χ1n) is 9.73. The Morgan fingerprint density at radius 3 is 2.50 bits per heavy atom. The normalized spacial score (nSPS) is 17.6. The Kier molecular flexibility index (Phi) is 8.48. The molecule has 2 aromatic rings. The number of sulfonamides is 1. The van der Waals surface area contributed by atoms with Crippen LogP contribution in [-0.4, -0.2) is 44.0 Å². The van der Waals surface area contributed by atoms with E-state index in [9.17, 15) is 13.2 Å². The standard InChI is InChI=1S/C21H24Cl2N2O3S2/c22-19-9-4-10-20(23)18(19)15-29-13-11-24-21(26)16-6-5-12-25(14-16)30(27,28)17-7-2-1-3-8-17/h1-4,7-10,16H,5-6,11-15H2,(H,24,26). The summed E-state index contributed by atoms with van der Waals surface area (Å²) in [6, 6.07) is 13.8. The van der Waals surface area contributed by atoms with Crippen LogP contribution in [0.4, 0.5) is 0 Å². The molecule has 0 spiro atoms. The van der Waals surface area contributed by atoms with Crippen LogP contribution in [0.15, 0.2) is 53.4 Å². The van der Waals surface area contributed by atoms with Gasteiger partial charge in [0.05, 0.1) is 10.8 Å². The number of carbonyl (C=O) groups excluding carboxylic acids is 1. The first-order valence-corrected chi connectivity index (χ1v) is 13.1. The van der Waals surface area contributed by atoms with Gasteiger partial charge in [0.15, 0.2) is 0 Å². The smallest absolute Gasteiger partial charge is 0.243 e. The summed E-state index contributed by atoms with van der Waals surface area (Å²) in [5.74, 6) is 0.951. The summed E-state index contributed by atoms with van der Waals surface area (Å²) in [6.07, 6.45) is 1.36. The summed E-state index contributed by atoms with van der Waals surface area (Å²) in [4.78, 5) is 12.8. The summed E-state index contributed by atoms with van der Waals surface area (Å²) in [6.45, 7) is 1.16. The van der Waals surface area contributed by atoms with Gasteiger partial charge >= 0.3 is 0 Å². The molecule has 1 amide bonds. The van der Waals surface area contributed by atoms with Crippen LogP contribution in [0.25, 0.3) is 0 Å². The summed E-state index contributed by atoms with van der Waals surface area (Å²) in [7, 11) is -3.57. The molecule has 1 unspecified atom stereocenters. The summed E-state index contributed by atoms with van der Waals surface area (Å²) < 4.78 is 27.0. The highest BCUT2D eigenvalue weighted by atomic mass is 35.5. The SMILES string of the molecule is O=C(NCCSCc1c(Cl)cccc1Cl)C1CCCN(S(=O)(=O)c2ccccc2)C1. The lowest BCUT2D eigenvalue weighted by molar-refractivity contribution is -0.125. The molecule has 1 aliphatic rings. The van der Waals surface area contributed by atoms with Gasteiger partial charge in [0.1, 0.15) is 0 Å². The molecule has 1 atom stereocenters. The average Bonchev–Trinajstić information content (AvgIpc) is 2.76. The first-order chi connectivity index (χ1) is 14.4. The van der Waals surface area contributed by atoms with Crippen molar-refractivity contribution in [3.63, 3.8) is 0 Å². The Hall–Kier alpha value is -1.25. The molecule has 1 N–H and O–H groups in total. The molecule has 0 saturated carbocycles. The van der Waals surface area contributed by atoms with Crippen molar-refractivity contribution in [1.82, 2.24) is 9.62 Å². The molecule has 5 nitrogen and oxygen atoms in total. The lowest BCUT2D eigenvalue weighted by Gasteiger charge is -2.31. The summed E-state index contributed by atoms with van der Waals surface area (Å²) in [5, 5.41) is 4.21. The van der Waals surface area contributed by atoms with E-state index >= 15 is 0 Å². The van der Waals surface area contributed by atoms with Crippen LogP contribution in [-0.2, 0) is 20.6 Å². The van der Waals surface area contributed by atoms with Crippen molar-refractivity contribution in [2.45, 2.75) is 23.5 Å². The van der Waals surface area contributed by atoms with E-state index in [1.807, 2.05) is 18.2 Å². The minimum absolute atomic E-state index is 0.0978. The molecule has 0 aliphatic carbocycles. The van der Waals surface area contributed by atoms with Crippen molar-refractivity contribution >= 4 is 50.9 Å². The Balaban J connectivity index is 1.46. The van der Waals surface area contributed by atoms with Crippen LogP contribution in [0.2, 0.25) is 10.0 Å². The summed E-state index contributed by atoms with van der Waals surface area (Å²) in [5.41, 5.74) is 0.895. The van der Waals surface area contributed by atoms with E-state index in [0.717, 1.165) is 5.56 Å². The predicted octanol–water partition coefficient (Wildman–Crippen LogP) is 4.44. The number of halogens is 2. The van der Waals surface area contributed by atoms with Gasteiger partial charge in [-0.25, -0.2) is 8.42 Å². The predicted molar refractivity (Wildman–Crippen MR) is 124 cm³/mol. The largest absolute Gasteiger partial charge is 0.355 e. The highest BCUT2D eigenvalue weighted by Gasteiger charge is 2.33. The Morgan fingerprint density at radius 1 is 1.10 bits per heavy atom. The highest BCUT2D eigenvalue weighted by molar-refractivity contribution is 7.98. The van der Waals surface area contributed by atoms with Gasteiger partial charge in [-0.2, -0.15) is 16.1 Å². The third kappa shape index (κ3) is 5.92. The number of hydrogen-bond acceptors (Lipinski definition) is 4. The second-order valence-electron chi connectivity index (χ2n) is 7.06. The lowest BCUT2D eigenvalue weighted by Crippen LogP contribution is -2.45. The van der Waals surface area contributed by atoms with Crippen LogP contribution < -0.4 is 5.32 Å². The quantitative estimate of drug-likeness (QED) is 0.559. The van der Waals surface area contributed by atoms with Crippen LogP contribution in [0.1, 0.15) is 18.4 Å². The zero-order chi connectivity index (χ0) is 21.6. The monoisotopic (exact) mass is 486 g/mol. The fourth-order valence-electron chi connectivity index (χ4n) is 3.35. The third-order valence-electron chi connectivity index (χ3n) is 4.99. The molecule has 2 aromatic carbocycles. The zero-order valence-electron chi connectivity index (χ0n) is 16.4. The molecule has 1 saturated heterocycles. The minimum Gasteiger partial charge on any atom is -0.355 e. The van der Waals surface area contributed by atoms with Crippen LogP contribution >= 0.6 is 35.0 Å². The Morgan fingerprint density at radius 2 is 1.80 bits per heavy atom. The van der Waals surface area contributed by atoms with Gasteiger partial charge in [0.25, 0.3) is 0 Å². The number of piperidine rings is 1. The maximum absolute atomic E-state index is 12.8. The van der Waals surface area contributed by atoms with Gasteiger partial charge in [-0.15, -0.1) is 0 Å². The maximum Gasteiger partial charge on any atom is 0.243 e. The number of hydrogen-bond donors (Lipinski definition) is 1. The molecule has 162 valence electrons. The highest BCUT2D eigenvalue weighted by Crippen LogP contribution is 2.28. The van der Waals surface area contributed by atoms with E-state index < -0.39 is 10.0 Å². The number of rotatable bonds is 8. The van der Waals surface area contributed by atoms with Crippen molar-refractivity contribution in [3.8, 4) is 0 Å². The fourth-order valence-corrected chi connectivity index (χ4v) is 6.49. The number of amides is 1. The maximum atomic E-state index is 12.8. The van der Waals surface area contributed by atoms with Gasteiger partial charge in [-0.05, 0) is 42.7 Å². The second kappa shape index (κ2) is 10.9. The Labute approximate surface area is 192 Å². The van der Waals surface area contributed by atoms with Crippen LogP contribution in [0.3, 0.4) is 0 Å². The molecular weight excluding hydrogens is 463 g/mol. The minimum atomic E-state index is -3.57. The van der Waals surface area contributed by atoms with Crippen molar-refractivity contribution in [1.29, 1.82) is 0 Å². The molecule has 1 aliphatic heterocycles. The molecule has 1 heterocycles. The number of thioether (sulfide) groups is 1. The second-order valence-corrected chi connectivity index (χ2v) is 10.9. The molecule has 0 bridgehead atoms. The number of benzene rings is 2. The topological polar surface area (TPSA) is 66.5 Å². The molecule has 9 heteroatoms. The lowest BCUT2D eigenvalue weighted by atomic mass is 9.99.